The van der Waals surface area contributed by atoms with Crippen molar-refractivity contribution in [3.63, 3.8) is 0 Å². The second kappa shape index (κ2) is 8.44. The largest absolute Gasteiger partial charge is 0.444 e. The topological polar surface area (TPSA) is 42.0 Å². The summed E-state index contributed by atoms with van der Waals surface area (Å²) in [5, 5.41) is 0. The molecule has 4 rings (SSSR count). The Labute approximate surface area is 195 Å². The van der Waals surface area contributed by atoms with Crippen molar-refractivity contribution in [1.82, 2.24) is 9.80 Å². The van der Waals surface area contributed by atoms with Gasteiger partial charge in [0.15, 0.2) is 0 Å². The van der Waals surface area contributed by atoms with Crippen LogP contribution in [0.5, 0.6) is 0 Å². The Kier molecular flexibility index (Phi) is 6.27. The van der Waals surface area contributed by atoms with E-state index in [1.54, 1.807) is 0 Å². The highest BCUT2D eigenvalue weighted by Gasteiger charge is 2.54. The van der Waals surface area contributed by atoms with Gasteiger partial charge in [0.25, 0.3) is 0 Å². The number of nitrogens with zero attached hydrogens (tertiary/aromatic N) is 2. The van der Waals surface area contributed by atoms with Crippen LogP contribution < -0.4 is 0 Å². The second-order valence-corrected chi connectivity index (χ2v) is 17.6. The lowest BCUT2D eigenvalue weighted by Crippen LogP contribution is -2.55. The van der Waals surface area contributed by atoms with Gasteiger partial charge in [0, 0.05) is 18.5 Å². The van der Waals surface area contributed by atoms with Crippen LogP contribution in [0.4, 0.5) is 4.79 Å². The van der Waals surface area contributed by atoms with Crippen LogP contribution in [0, 0.1) is 5.92 Å². The van der Waals surface area contributed by atoms with Gasteiger partial charge in [-0.2, -0.15) is 0 Å². The third-order valence-electron chi connectivity index (χ3n) is 7.77. The fraction of sp³-hybridized carbons (Fsp3) is 0.731. The van der Waals surface area contributed by atoms with Crippen molar-refractivity contribution < 1.29 is 14.3 Å². The number of hydrogen-bond donors (Lipinski definition) is 0. The number of amides is 1. The zero-order chi connectivity index (χ0) is 23.3. The Hall–Kier alpha value is -1.37. The monoisotopic (exact) mass is 458 g/mol. The zero-order valence-electron chi connectivity index (χ0n) is 21.1. The minimum Gasteiger partial charge on any atom is -0.444 e. The Morgan fingerprint density at radius 3 is 2.41 bits per heavy atom. The third-order valence-corrected chi connectivity index (χ3v) is 10.4. The zero-order valence-corrected chi connectivity index (χ0v) is 22.1. The molecule has 0 spiro atoms. The summed E-state index contributed by atoms with van der Waals surface area (Å²) >= 11 is 0. The summed E-state index contributed by atoms with van der Waals surface area (Å²) in [5.74, 6) is 0.325. The fourth-order valence-corrected chi connectivity index (χ4v) is 9.41. The molecule has 1 aromatic rings. The summed E-state index contributed by atoms with van der Waals surface area (Å²) in [6.45, 7) is 18.1. The summed E-state index contributed by atoms with van der Waals surface area (Å²) in [6.07, 6.45) is 3.28. The lowest BCUT2D eigenvalue weighted by Gasteiger charge is -2.41. The normalized spacial score (nSPS) is 30.7. The van der Waals surface area contributed by atoms with Crippen LogP contribution in [0.15, 0.2) is 30.3 Å². The average Bonchev–Trinajstić information content (AvgIpc) is 3.15. The molecule has 1 aromatic carbocycles. The highest BCUT2D eigenvalue weighted by Crippen LogP contribution is 2.45. The number of hydrogen-bond acceptors (Lipinski definition) is 4. The van der Waals surface area contributed by atoms with Gasteiger partial charge in [-0.1, -0.05) is 56.4 Å². The van der Waals surface area contributed by atoms with E-state index in [1.165, 1.54) is 18.4 Å². The molecule has 32 heavy (non-hydrogen) atoms. The SMILES string of the molecule is CC1(C)COC(C)(C)N1C(=O)O[C@H]1[C@H]([C@H](c2ccccc2)[Si](C)(C)C)CN2CCCC[C@H]12. The minimum absolute atomic E-state index is 0.0769. The molecule has 3 fully saturated rings. The Balaban J connectivity index is 1.68. The molecule has 0 radical (unpaired) electrons. The maximum Gasteiger partial charge on any atom is 0.412 e. The molecule has 3 heterocycles. The first-order valence-corrected chi connectivity index (χ1v) is 15.9. The van der Waals surface area contributed by atoms with Crippen LogP contribution in [0.1, 0.15) is 58.1 Å². The standard InChI is InChI=1S/C26H42N2O3Si/c1-25(2)18-30-26(3,4)28(25)24(29)31-22-20(17-27-16-12-11-15-21(22)27)23(32(5,6)7)19-13-9-8-10-14-19/h8-10,13-14,20-23H,11-12,15-18H2,1-7H3/t20-,21-,22+,23+/m1/s1. The summed E-state index contributed by atoms with van der Waals surface area (Å²) < 4.78 is 12.5. The molecule has 0 saturated carbocycles. The maximum atomic E-state index is 13.7. The summed E-state index contributed by atoms with van der Waals surface area (Å²) in [4.78, 5) is 18.1. The van der Waals surface area contributed by atoms with Gasteiger partial charge in [-0.05, 0) is 58.2 Å². The van der Waals surface area contributed by atoms with Gasteiger partial charge in [0.05, 0.1) is 20.2 Å². The molecule has 4 atom stereocenters. The first-order valence-electron chi connectivity index (χ1n) is 12.4. The van der Waals surface area contributed by atoms with E-state index in [9.17, 15) is 4.79 Å². The van der Waals surface area contributed by atoms with E-state index in [-0.39, 0.29) is 17.7 Å². The number of carbonyl (C=O) groups excluding carboxylic acids is 1. The third kappa shape index (κ3) is 4.38. The predicted octanol–water partition coefficient (Wildman–Crippen LogP) is 5.48. The van der Waals surface area contributed by atoms with Crippen molar-refractivity contribution in [2.45, 2.75) is 95.5 Å². The van der Waals surface area contributed by atoms with Crippen molar-refractivity contribution in [2.75, 3.05) is 19.7 Å². The number of carbonyl (C=O) groups is 1. The van der Waals surface area contributed by atoms with Crippen LogP contribution >= 0.6 is 0 Å². The van der Waals surface area contributed by atoms with Gasteiger partial charge >= 0.3 is 6.09 Å². The van der Waals surface area contributed by atoms with Crippen molar-refractivity contribution in [3.05, 3.63) is 35.9 Å². The molecule has 3 aliphatic heterocycles. The van der Waals surface area contributed by atoms with Gasteiger partial charge < -0.3 is 9.47 Å². The van der Waals surface area contributed by atoms with E-state index in [4.69, 9.17) is 9.47 Å². The number of ether oxygens (including phenoxy) is 2. The fourth-order valence-electron chi connectivity index (χ4n) is 6.63. The summed E-state index contributed by atoms with van der Waals surface area (Å²) in [7, 11) is -1.59. The van der Waals surface area contributed by atoms with Crippen molar-refractivity contribution in [3.8, 4) is 0 Å². The molecular formula is C26H42N2O3Si. The van der Waals surface area contributed by atoms with Crippen LogP contribution in [0.2, 0.25) is 19.6 Å². The molecule has 0 unspecified atom stereocenters. The van der Waals surface area contributed by atoms with Crippen LogP contribution in [0.3, 0.4) is 0 Å². The molecule has 178 valence electrons. The Bertz CT molecular complexity index is 804. The molecule has 0 bridgehead atoms. The van der Waals surface area contributed by atoms with E-state index in [0.717, 1.165) is 19.5 Å². The van der Waals surface area contributed by atoms with E-state index in [0.29, 0.717) is 24.1 Å². The van der Waals surface area contributed by atoms with Crippen molar-refractivity contribution >= 4 is 14.2 Å². The van der Waals surface area contributed by atoms with Crippen LogP contribution in [-0.2, 0) is 9.47 Å². The molecular weight excluding hydrogens is 416 g/mol. The number of benzene rings is 1. The van der Waals surface area contributed by atoms with E-state index < -0.39 is 13.8 Å². The highest BCUT2D eigenvalue weighted by atomic mass is 28.3. The predicted molar refractivity (Wildman–Crippen MR) is 131 cm³/mol. The Morgan fingerprint density at radius 2 is 1.81 bits per heavy atom. The number of piperidine rings is 1. The molecule has 0 N–H and O–H groups in total. The Morgan fingerprint density at radius 1 is 1.12 bits per heavy atom. The van der Waals surface area contributed by atoms with E-state index in [2.05, 4.69) is 68.7 Å². The lowest BCUT2D eigenvalue weighted by atomic mass is 9.91. The van der Waals surface area contributed by atoms with Crippen molar-refractivity contribution in [1.29, 1.82) is 0 Å². The van der Waals surface area contributed by atoms with Crippen LogP contribution in [0.25, 0.3) is 0 Å². The summed E-state index contributed by atoms with van der Waals surface area (Å²) in [5.41, 5.74) is 0.822. The van der Waals surface area contributed by atoms with E-state index >= 15 is 0 Å². The smallest absolute Gasteiger partial charge is 0.412 e. The minimum atomic E-state index is -1.59. The summed E-state index contributed by atoms with van der Waals surface area (Å²) in [6, 6.07) is 11.3. The average molecular weight is 459 g/mol. The molecule has 0 aromatic heterocycles. The molecule has 6 heteroatoms. The number of fused-ring (bicyclic) bond motifs is 1. The molecule has 3 saturated heterocycles. The number of rotatable bonds is 4. The van der Waals surface area contributed by atoms with Crippen LogP contribution in [-0.4, -0.2) is 67.1 Å². The van der Waals surface area contributed by atoms with Gasteiger partial charge in [-0.15, -0.1) is 0 Å². The van der Waals surface area contributed by atoms with Gasteiger partial charge in [-0.25, -0.2) is 4.79 Å². The molecule has 1 amide bonds. The highest BCUT2D eigenvalue weighted by molar-refractivity contribution is 6.77. The van der Waals surface area contributed by atoms with Crippen molar-refractivity contribution in [2.24, 2.45) is 5.92 Å². The van der Waals surface area contributed by atoms with E-state index in [1.807, 2.05) is 18.7 Å². The maximum absolute atomic E-state index is 13.7. The second-order valence-electron chi connectivity index (χ2n) is 12.2. The molecule has 5 nitrogen and oxygen atoms in total. The first kappa shape index (κ1) is 23.8. The van der Waals surface area contributed by atoms with Gasteiger partial charge in [0.1, 0.15) is 11.8 Å². The molecule has 0 aliphatic carbocycles. The lowest BCUT2D eigenvalue weighted by molar-refractivity contribution is -0.0651. The quantitative estimate of drug-likeness (QED) is 0.560. The molecule has 3 aliphatic rings. The van der Waals surface area contributed by atoms with Gasteiger partial charge in [0.2, 0.25) is 0 Å². The van der Waals surface area contributed by atoms with Gasteiger partial charge in [-0.3, -0.25) is 9.80 Å². The first-order chi connectivity index (χ1) is 14.9.